The summed E-state index contributed by atoms with van der Waals surface area (Å²) in [5.74, 6) is 0.591. The first-order valence-electron chi connectivity index (χ1n) is 8.69. The van der Waals surface area contributed by atoms with Gasteiger partial charge in [-0.15, -0.1) is 11.8 Å². The number of fused-ring (bicyclic) bond motifs is 3. The summed E-state index contributed by atoms with van der Waals surface area (Å²) in [6.45, 7) is 4.01. The second-order valence-electron chi connectivity index (χ2n) is 7.30. The molecule has 2 heterocycles. The van der Waals surface area contributed by atoms with E-state index >= 15 is 0 Å². The van der Waals surface area contributed by atoms with Crippen molar-refractivity contribution in [2.75, 3.05) is 5.75 Å². The number of rotatable bonds is 3. The Labute approximate surface area is 151 Å². The van der Waals surface area contributed by atoms with Crippen LogP contribution in [-0.2, 0) is 14.3 Å². The lowest BCUT2D eigenvalue weighted by molar-refractivity contribution is -0.143. The summed E-state index contributed by atoms with van der Waals surface area (Å²) in [7, 11) is 0. The van der Waals surface area contributed by atoms with Gasteiger partial charge < -0.3 is 4.74 Å². The molecule has 0 aromatic carbocycles. The van der Waals surface area contributed by atoms with Crippen LogP contribution in [0.5, 0.6) is 0 Å². The molecule has 4 rings (SSSR count). The lowest BCUT2D eigenvalue weighted by atomic mass is 9.62. The van der Waals surface area contributed by atoms with Crippen LogP contribution in [0, 0.1) is 17.3 Å². The van der Waals surface area contributed by atoms with E-state index in [9.17, 15) is 9.59 Å². The van der Waals surface area contributed by atoms with E-state index in [4.69, 9.17) is 4.74 Å². The molecule has 25 heavy (non-hydrogen) atoms. The molecule has 1 aromatic rings. The molecular formula is C20H21NO3S. The molecule has 4 atom stereocenters. The number of allylic oxidation sites excluding steroid dienone is 3. The Morgan fingerprint density at radius 2 is 2.20 bits per heavy atom. The molecule has 130 valence electrons. The number of esters is 1. The third-order valence-electron chi connectivity index (χ3n) is 5.77. The number of carbonyl (C=O) groups is 2. The van der Waals surface area contributed by atoms with Crippen molar-refractivity contribution in [3.63, 3.8) is 0 Å². The molecule has 1 aromatic heterocycles. The van der Waals surface area contributed by atoms with Crippen LogP contribution >= 0.6 is 11.8 Å². The third-order valence-corrected chi connectivity index (χ3v) is 6.84. The molecule has 0 amide bonds. The summed E-state index contributed by atoms with van der Waals surface area (Å²) in [5, 5.41) is 0.922. The molecule has 0 N–H and O–H groups in total. The van der Waals surface area contributed by atoms with Gasteiger partial charge in [0, 0.05) is 28.9 Å². The maximum absolute atomic E-state index is 12.5. The number of hydrogen-bond acceptors (Lipinski definition) is 5. The maximum Gasteiger partial charge on any atom is 0.310 e. The summed E-state index contributed by atoms with van der Waals surface area (Å²) in [4.78, 5) is 29.0. The van der Waals surface area contributed by atoms with Gasteiger partial charge in [0.15, 0.2) is 5.78 Å². The quantitative estimate of drug-likeness (QED) is 0.613. The Bertz CT molecular complexity index is 785. The second-order valence-corrected chi connectivity index (χ2v) is 8.34. The van der Waals surface area contributed by atoms with Gasteiger partial charge in [0.2, 0.25) is 0 Å². The predicted octanol–water partition coefficient (Wildman–Crippen LogP) is 3.59. The van der Waals surface area contributed by atoms with E-state index in [0.29, 0.717) is 5.75 Å². The van der Waals surface area contributed by atoms with Gasteiger partial charge in [-0.1, -0.05) is 19.1 Å². The zero-order valence-electron chi connectivity index (χ0n) is 14.4. The van der Waals surface area contributed by atoms with Crippen LogP contribution in [-0.4, -0.2) is 28.6 Å². The Balaban J connectivity index is 1.58. The lowest BCUT2D eigenvalue weighted by Gasteiger charge is -2.43. The Morgan fingerprint density at radius 1 is 1.36 bits per heavy atom. The van der Waals surface area contributed by atoms with E-state index in [1.807, 2.05) is 31.2 Å². The van der Waals surface area contributed by atoms with Crippen molar-refractivity contribution in [3.8, 4) is 0 Å². The van der Waals surface area contributed by atoms with Gasteiger partial charge in [-0.2, -0.15) is 0 Å². The summed E-state index contributed by atoms with van der Waals surface area (Å²) in [6, 6.07) is 5.79. The molecule has 1 saturated heterocycles. The van der Waals surface area contributed by atoms with E-state index in [0.717, 1.165) is 29.0 Å². The van der Waals surface area contributed by atoms with Gasteiger partial charge >= 0.3 is 5.97 Å². The fourth-order valence-electron chi connectivity index (χ4n) is 4.37. The topological polar surface area (TPSA) is 56.3 Å². The highest BCUT2D eigenvalue weighted by atomic mass is 32.2. The summed E-state index contributed by atoms with van der Waals surface area (Å²) in [5.41, 5.74) is 1.61. The van der Waals surface area contributed by atoms with Crippen molar-refractivity contribution in [2.24, 2.45) is 17.3 Å². The number of nitrogens with zero attached hydrogens (tertiary/aromatic N) is 1. The Morgan fingerprint density at radius 3 is 2.96 bits per heavy atom. The minimum absolute atomic E-state index is 0.0375. The number of pyridine rings is 1. The first-order chi connectivity index (χ1) is 12.0. The second kappa shape index (κ2) is 6.13. The van der Waals surface area contributed by atoms with Crippen molar-refractivity contribution in [3.05, 3.63) is 47.7 Å². The molecular weight excluding hydrogens is 334 g/mol. The van der Waals surface area contributed by atoms with Gasteiger partial charge in [0.1, 0.15) is 6.10 Å². The Kier molecular flexibility index (Phi) is 4.07. The molecule has 0 bridgehead atoms. The average Bonchev–Trinajstić information content (AvgIpc) is 2.92. The maximum atomic E-state index is 12.5. The van der Waals surface area contributed by atoms with E-state index < -0.39 is 0 Å². The van der Waals surface area contributed by atoms with Crippen molar-refractivity contribution in [1.29, 1.82) is 0 Å². The van der Waals surface area contributed by atoms with Crippen LogP contribution in [0.3, 0.4) is 0 Å². The van der Waals surface area contributed by atoms with Gasteiger partial charge in [-0.25, -0.2) is 4.98 Å². The van der Waals surface area contributed by atoms with Crippen molar-refractivity contribution < 1.29 is 14.3 Å². The zero-order valence-corrected chi connectivity index (χ0v) is 15.2. The fourth-order valence-corrected chi connectivity index (χ4v) is 5.41. The molecule has 2 fully saturated rings. The number of hydrogen-bond donors (Lipinski definition) is 0. The molecule has 2 aliphatic carbocycles. The number of ether oxygens (including phenoxy) is 1. The van der Waals surface area contributed by atoms with E-state index in [1.165, 1.54) is 0 Å². The Hall–Kier alpha value is -1.88. The largest absolute Gasteiger partial charge is 0.457 e. The molecule has 3 aliphatic rings. The fraction of sp³-hybridized carbons (Fsp3) is 0.450. The van der Waals surface area contributed by atoms with Gasteiger partial charge in [0.25, 0.3) is 0 Å². The minimum Gasteiger partial charge on any atom is -0.457 e. The minimum atomic E-state index is -0.255. The number of thioether (sulfide) groups is 1. The van der Waals surface area contributed by atoms with Crippen LogP contribution in [0.4, 0.5) is 0 Å². The highest BCUT2D eigenvalue weighted by Gasteiger charge is 2.54. The normalized spacial score (nSPS) is 33.9. The number of aromatic nitrogens is 1. The SMILES string of the molecule is CC1=C2[C@H]3OC(=O)[C@@H](CSc4ccccn4)[C@@H]3CC[C@@]2(C)C=CC1=O. The lowest BCUT2D eigenvalue weighted by Crippen LogP contribution is -2.40. The molecule has 0 spiro atoms. The van der Waals surface area contributed by atoms with E-state index in [2.05, 4.69) is 11.9 Å². The molecule has 5 heteroatoms. The van der Waals surface area contributed by atoms with Crippen LogP contribution in [0.25, 0.3) is 0 Å². The number of carbonyl (C=O) groups excluding carboxylic acids is 2. The van der Waals surface area contributed by atoms with Crippen LogP contribution in [0.15, 0.2) is 52.7 Å². The number of ketones is 1. The van der Waals surface area contributed by atoms with Gasteiger partial charge in [-0.3, -0.25) is 9.59 Å². The zero-order chi connectivity index (χ0) is 17.6. The van der Waals surface area contributed by atoms with Crippen molar-refractivity contribution >= 4 is 23.5 Å². The van der Waals surface area contributed by atoms with Crippen molar-refractivity contribution in [2.45, 2.75) is 37.8 Å². The summed E-state index contributed by atoms with van der Waals surface area (Å²) in [6.07, 6.45) is 7.07. The average molecular weight is 355 g/mol. The van der Waals surface area contributed by atoms with Gasteiger partial charge in [0.05, 0.1) is 10.9 Å². The summed E-state index contributed by atoms with van der Waals surface area (Å²) < 4.78 is 5.80. The standard InChI is InChI=1S/C20H21NO3S/c1-12-15(22)7-9-20(2)8-6-13-14(19(23)24-18(13)17(12)20)11-25-16-5-3-4-10-21-16/h3-5,7,9-10,13-14,18H,6,8,11H2,1-2H3/t13-,14-,18-,20-/m0/s1. The van der Waals surface area contributed by atoms with Crippen LogP contribution < -0.4 is 0 Å². The molecule has 0 unspecified atom stereocenters. The molecule has 1 saturated carbocycles. The van der Waals surface area contributed by atoms with E-state index in [-0.39, 0.29) is 35.1 Å². The highest BCUT2D eigenvalue weighted by Crippen LogP contribution is 2.53. The summed E-state index contributed by atoms with van der Waals surface area (Å²) >= 11 is 1.60. The highest BCUT2D eigenvalue weighted by molar-refractivity contribution is 7.99. The van der Waals surface area contributed by atoms with Crippen LogP contribution in [0.1, 0.15) is 26.7 Å². The molecule has 4 nitrogen and oxygen atoms in total. The molecule has 1 aliphatic heterocycles. The van der Waals surface area contributed by atoms with E-state index in [1.54, 1.807) is 24.0 Å². The van der Waals surface area contributed by atoms with Gasteiger partial charge in [-0.05, 0) is 43.5 Å². The van der Waals surface area contributed by atoms with Crippen molar-refractivity contribution in [1.82, 2.24) is 4.98 Å². The first kappa shape index (κ1) is 16.6. The van der Waals surface area contributed by atoms with Crippen LogP contribution in [0.2, 0.25) is 0 Å². The predicted molar refractivity (Wildman–Crippen MR) is 96.0 cm³/mol. The first-order valence-corrected chi connectivity index (χ1v) is 9.67. The third kappa shape index (κ3) is 2.74. The molecule has 0 radical (unpaired) electrons. The smallest absolute Gasteiger partial charge is 0.310 e. The monoisotopic (exact) mass is 355 g/mol.